The summed E-state index contributed by atoms with van der Waals surface area (Å²) in [4.78, 5) is 28.9. The number of amides is 2. The molecule has 0 spiro atoms. The fourth-order valence-electron chi connectivity index (χ4n) is 5.17. The quantitative estimate of drug-likeness (QED) is 0.294. The molecule has 1 N–H and O–H groups in total. The summed E-state index contributed by atoms with van der Waals surface area (Å²) in [6, 6.07) is 21.3. The van der Waals surface area contributed by atoms with Crippen LogP contribution in [0.3, 0.4) is 0 Å². The summed E-state index contributed by atoms with van der Waals surface area (Å²) in [6.07, 6.45) is 5.63. The number of nitrogens with one attached hydrogen (secondary N) is 1. The molecule has 0 saturated heterocycles. The number of nitrogens with zero attached hydrogens (tertiary/aromatic N) is 2. The Hall–Kier alpha value is -3.56. The average Bonchev–Trinajstić information content (AvgIpc) is 3.00. The predicted octanol–water partition coefficient (Wildman–Crippen LogP) is 5.45. The maximum absolute atomic E-state index is 14.0. The van der Waals surface area contributed by atoms with E-state index in [1.165, 1.54) is 30.2 Å². The van der Waals surface area contributed by atoms with Gasteiger partial charge in [0.1, 0.15) is 18.3 Å². The van der Waals surface area contributed by atoms with E-state index in [0.717, 1.165) is 42.0 Å². The first-order chi connectivity index (χ1) is 20.2. The summed E-state index contributed by atoms with van der Waals surface area (Å²) in [5.74, 6) is -0.228. The number of carbonyl (C=O) groups is 2. The zero-order valence-corrected chi connectivity index (χ0v) is 25.6. The van der Waals surface area contributed by atoms with Crippen molar-refractivity contribution >= 4 is 39.1 Å². The number of sulfonamides is 1. The van der Waals surface area contributed by atoms with Crippen LogP contribution in [-0.2, 0) is 26.0 Å². The van der Waals surface area contributed by atoms with Gasteiger partial charge >= 0.3 is 0 Å². The smallest absolute Gasteiger partial charge is 0.264 e. The molecular formula is C32H38ClN3O5S. The minimum absolute atomic E-state index is 0.00463. The summed E-state index contributed by atoms with van der Waals surface area (Å²) in [5, 5.41) is 3.45. The van der Waals surface area contributed by atoms with Crippen molar-refractivity contribution in [3.05, 3.63) is 89.4 Å². The third kappa shape index (κ3) is 8.04. The van der Waals surface area contributed by atoms with Gasteiger partial charge in [-0.3, -0.25) is 13.9 Å². The molecular weight excluding hydrogens is 574 g/mol. The lowest BCUT2D eigenvalue weighted by Crippen LogP contribution is -2.53. The summed E-state index contributed by atoms with van der Waals surface area (Å²) >= 11 is 6.24. The van der Waals surface area contributed by atoms with Crippen LogP contribution in [0.1, 0.15) is 44.6 Å². The molecule has 3 aromatic carbocycles. The lowest BCUT2D eigenvalue weighted by atomic mass is 9.95. The average molecular weight is 612 g/mol. The van der Waals surface area contributed by atoms with Gasteiger partial charge in [-0.15, -0.1) is 0 Å². The predicted molar refractivity (Wildman–Crippen MR) is 165 cm³/mol. The highest BCUT2D eigenvalue weighted by atomic mass is 35.5. The maximum atomic E-state index is 14.0. The van der Waals surface area contributed by atoms with E-state index in [-0.39, 0.29) is 29.1 Å². The number of benzene rings is 3. The standard InChI is InChI=1S/C32H38ClN3O5S/c1-24(32(38)34-27-13-7-4-8-14-27)35(21-20-25-10-5-3-6-11-25)31(37)23-36(28-15-9-12-26(33)22-28)42(39,40)30-18-16-29(41-2)17-19-30/h3,5-6,9-12,15-19,22,24,27H,4,7-8,13-14,20-21,23H2,1-2H3,(H,34,38)/t24-/m0/s1. The molecule has 1 fully saturated rings. The van der Waals surface area contributed by atoms with Crippen molar-refractivity contribution in [3.8, 4) is 5.75 Å². The molecule has 10 heteroatoms. The van der Waals surface area contributed by atoms with Crippen molar-refractivity contribution in [2.45, 2.75) is 62.4 Å². The van der Waals surface area contributed by atoms with E-state index in [1.54, 1.807) is 37.3 Å². The van der Waals surface area contributed by atoms with Crippen LogP contribution in [0.2, 0.25) is 5.02 Å². The second-order valence-electron chi connectivity index (χ2n) is 10.5. The van der Waals surface area contributed by atoms with Gasteiger partial charge in [-0.1, -0.05) is 67.3 Å². The van der Waals surface area contributed by atoms with Crippen LogP contribution in [0, 0.1) is 0 Å². The van der Waals surface area contributed by atoms with Crippen molar-refractivity contribution in [1.82, 2.24) is 10.2 Å². The van der Waals surface area contributed by atoms with Crippen LogP contribution in [0.15, 0.2) is 83.8 Å². The van der Waals surface area contributed by atoms with Crippen LogP contribution in [0.5, 0.6) is 5.75 Å². The van der Waals surface area contributed by atoms with Gasteiger partial charge in [-0.05, 0) is 74.2 Å². The van der Waals surface area contributed by atoms with Gasteiger partial charge in [0.15, 0.2) is 0 Å². The highest BCUT2D eigenvalue weighted by Gasteiger charge is 2.33. The zero-order valence-electron chi connectivity index (χ0n) is 24.0. The molecule has 4 rings (SSSR count). The largest absolute Gasteiger partial charge is 0.497 e. The van der Waals surface area contributed by atoms with Crippen molar-refractivity contribution in [3.63, 3.8) is 0 Å². The third-order valence-corrected chi connectivity index (χ3v) is 9.65. The molecule has 224 valence electrons. The molecule has 0 heterocycles. The van der Waals surface area contributed by atoms with Gasteiger partial charge in [0.25, 0.3) is 10.0 Å². The highest BCUT2D eigenvalue weighted by Crippen LogP contribution is 2.28. The summed E-state index contributed by atoms with van der Waals surface area (Å²) in [7, 11) is -2.69. The Labute approximate surface area is 253 Å². The monoisotopic (exact) mass is 611 g/mol. The van der Waals surface area contributed by atoms with E-state index < -0.39 is 28.5 Å². The second-order valence-corrected chi connectivity index (χ2v) is 12.8. The van der Waals surface area contributed by atoms with Crippen molar-refractivity contribution in [2.24, 2.45) is 0 Å². The van der Waals surface area contributed by atoms with Crippen molar-refractivity contribution in [1.29, 1.82) is 0 Å². The first-order valence-corrected chi connectivity index (χ1v) is 16.1. The fraction of sp³-hybridized carbons (Fsp3) is 0.375. The molecule has 0 unspecified atom stereocenters. The Morgan fingerprint density at radius 1 is 0.976 bits per heavy atom. The molecule has 1 aliphatic rings. The Bertz CT molecular complexity index is 1440. The Morgan fingerprint density at radius 2 is 1.67 bits per heavy atom. The third-order valence-electron chi connectivity index (χ3n) is 7.63. The van der Waals surface area contributed by atoms with Gasteiger partial charge in [0, 0.05) is 17.6 Å². The number of ether oxygens (including phenoxy) is 1. The van der Waals surface area contributed by atoms with Gasteiger partial charge in [0.05, 0.1) is 17.7 Å². The van der Waals surface area contributed by atoms with Crippen LogP contribution in [-0.4, -0.2) is 57.4 Å². The van der Waals surface area contributed by atoms with Crippen LogP contribution in [0.4, 0.5) is 5.69 Å². The Morgan fingerprint density at radius 3 is 2.31 bits per heavy atom. The molecule has 1 atom stereocenters. The minimum atomic E-state index is -4.19. The molecule has 0 bridgehead atoms. The summed E-state index contributed by atoms with van der Waals surface area (Å²) in [5.41, 5.74) is 1.25. The van der Waals surface area contributed by atoms with Gasteiger partial charge in [-0.2, -0.15) is 0 Å². The maximum Gasteiger partial charge on any atom is 0.264 e. The molecule has 0 radical (unpaired) electrons. The van der Waals surface area contributed by atoms with Crippen LogP contribution in [0.25, 0.3) is 0 Å². The highest BCUT2D eigenvalue weighted by molar-refractivity contribution is 7.92. The second kappa shape index (κ2) is 14.6. The zero-order chi connectivity index (χ0) is 30.1. The first-order valence-electron chi connectivity index (χ1n) is 14.2. The molecule has 0 aromatic heterocycles. The molecule has 3 aromatic rings. The summed E-state index contributed by atoms with van der Waals surface area (Å²) < 4.78 is 34.1. The molecule has 42 heavy (non-hydrogen) atoms. The number of methoxy groups -OCH3 is 1. The molecule has 0 aliphatic heterocycles. The van der Waals surface area contributed by atoms with Gasteiger partial charge in [0.2, 0.25) is 11.8 Å². The number of hydrogen-bond donors (Lipinski definition) is 1. The number of anilines is 1. The number of rotatable bonds is 12. The number of hydrogen-bond acceptors (Lipinski definition) is 5. The fourth-order valence-corrected chi connectivity index (χ4v) is 6.76. The van der Waals surface area contributed by atoms with Gasteiger partial charge < -0.3 is 15.0 Å². The SMILES string of the molecule is COc1ccc(S(=O)(=O)N(CC(=O)N(CCc2ccccc2)[C@@H](C)C(=O)NC2CCCCC2)c2cccc(Cl)c2)cc1. The van der Waals surface area contributed by atoms with Crippen molar-refractivity contribution < 1.29 is 22.7 Å². The molecule has 1 aliphatic carbocycles. The molecule has 1 saturated carbocycles. The van der Waals surface area contributed by atoms with E-state index >= 15 is 0 Å². The normalized spacial score (nSPS) is 14.5. The van der Waals surface area contributed by atoms with E-state index in [1.807, 2.05) is 30.3 Å². The number of halogens is 1. The van der Waals surface area contributed by atoms with E-state index in [0.29, 0.717) is 17.2 Å². The van der Waals surface area contributed by atoms with Crippen LogP contribution >= 0.6 is 11.6 Å². The molecule has 2 amide bonds. The van der Waals surface area contributed by atoms with E-state index in [4.69, 9.17) is 16.3 Å². The van der Waals surface area contributed by atoms with E-state index in [9.17, 15) is 18.0 Å². The Balaban J connectivity index is 1.64. The lowest BCUT2D eigenvalue weighted by Gasteiger charge is -2.33. The summed E-state index contributed by atoms with van der Waals surface area (Å²) in [6.45, 7) is 1.43. The first kappa shape index (κ1) is 31.4. The Kier molecular flexibility index (Phi) is 10.9. The number of carbonyl (C=O) groups excluding carboxylic acids is 2. The van der Waals surface area contributed by atoms with Crippen LogP contribution < -0.4 is 14.4 Å². The van der Waals surface area contributed by atoms with E-state index in [2.05, 4.69) is 5.32 Å². The van der Waals surface area contributed by atoms with Crippen molar-refractivity contribution in [2.75, 3.05) is 24.5 Å². The molecule has 8 nitrogen and oxygen atoms in total. The van der Waals surface area contributed by atoms with Gasteiger partial charge in [-0.25, -0.2) is 8.42 Å². The topological polar surface area (TPSA) is 96.0 Å². The lowest BCUT2D eigenvalue weighted by molar-refractivity contribution is -0.139. The minimum Gasteiger partial charge on any atom is -0.497 e.